The number of aldehydes is 1. The zero-order valence-corrected chi connectivity index (χ0v) is 20.7. The highest BCUT2D eigenvalue weighted by Gasteiger charge is 2.35. The lowest BCUT2D eigenvalue weighted by molar-refractivity contribution is -0.138. The van der Waals surface area contributed by atoms with E-state index in [1.165, 1.54) is 38.2 Å². The molecule has 0 radical (unpaired) electrons. The van der Waals surface area contributed by atoms with Crippen molar-refractivity contribution < 1.29 is 32.3 Å². The first-order chi connectivity index (χ1) is 17.9. The largest absolute Gasteiger partial charge is 0.416 e. The molecule has 0 saturated carbocycles. The molecule has 2 atom stereocenters. The van der Waals surface area contributed by atoms with E-state index in [-0.39, 0.29) is 24.6 Å². The van der Waals surface area contributed by atoms with Crippen LogP contribution in [0, 0.1) is 0 Å². The lowest BCUT2D eigenvalue weighted by Gasteiger charge is -2.23. The van der Waals surface area contributed by atoms with E-state index in [0.29, 0.717) is 6.29 Å². The van der Waals surface area contributed by atoms with E-state index in [4.69, 9.17) is 10.5 Å². The quantitative estimate of drug-likeness (QED) is 0.326. The number of halogens is 3. The second kappa shape index (κ2) is 12.0. The molecule has 0 saturated heterocycles. The van der Waals surface area contributed by atoms with Gasteiger partial charge in [0.15, 0.2) is 5.82 Å². The van der Waals surface area contributed by atoms with Gasteiger partial charge < -0.3 is 30.5 Å². The van der Waals surface area contributed by atoms with Crippen molar-refractivity contribution in [3.05, 3.63) is 83.8 Å². The van der Waals surface area contributed by atoms with Crippen molar-refractivity contribution in [1.29, 1.82) is 0 Å². The third-order valence-corrected chi connectivity index (χ3v) is 5.49. The Morgan fingerprint density at radius 1 is 1.11 bits per heavy atom. The van der Waals surface area contributed by atoms with Crippen molar-refractivity contribution in [2.75, 3.05) is 11.9 Å². The van der Waals surface area contributed by atoms with Crippen LogP contribution in [0.25, 0.3) is 0 Å². The van der Waals surface area contributed by atoms with E-state index >= 15 is 0 Å². The van der Waals surface area contributed by atoms with E-state index in [1.807, 2.05) is 30.3 Å². The fourth-order valence-electron chi connectivity index (χ4n) is 3.48. The molecule has 0 aliphatic carbocycles. The van der Waals surface area contributed by atoms with E-state index in [1.54, 1.807) is 0 Å². The molecule has 4 N–H and O–H groups in total. The van der Waals surface area contributed by atoms with Crippen LogP contribution in [0.4, 0.5) is 19.0 Å². The summed E-state index contributed by atoms with van der Waals surface area (Å²) in [6.07, 6.45) is -1.97. The van der Waals surface area contributed by atoms with Crippen LogP contribution in [0.15, 0.2) is 67.1 Å². The van der Waals surface area contributed by atoms with Gasteiger partial charge in [-0.05, 0) is 31.0 Å². The van der Waals surface area contributed by atoms with E-state index in [2.05, 4.69) is 15.6 Å². The second-order valence-corrected chi connectivity index (χ2v) is 9.11. The molecule has 1 aromatic heterocycles. The SMILES string of the molecule is CC(C)(N)C(=O)NC(COCc1ccccc1)C(=O)Nc1cn(C(C=O)c2ccccc2C(F)(F)F)cn1. The molecule has 38 heavy (non-hydrogen) atoms. The Kier molecular flexibility index (Phi) is 9.02. The minimum atomic E-state index is -4.67. The predicted octanol–water partition coefficient (Wildman–Crippen LogP) is 3.07. The maximum atomic E-state index is 13.5. The van der Waals surface area contributed by atoms with Crippen LogP contribution < -0.4 is 16.4 Å². The molecule has 0 aliphatic heterocycles. The van der Waals surface area contributed by atoms with Gasteiger partial charge in [0.1, 0.15) is 18.4 Å². The van der Waals surface area contributed by atoms with Gasteiger partial charge in [-0.3, -0.25) is 9.59 Å². The maximum Gasteiger partial charge on any atom is 0.416 e. The van der Waals surface area contributed by atoms with Crippen LogP contribution in [0.5, 0.6) is 0 Å². The van der Waals surface area contributed by atoms with Gasteiger partial charge in [0.05, 0.1) is 30.6 Å². The minimum absolute atomic E-state index is 0.0411. The Morgan fingerprint density at radius 2 is 1.76 bits per heavy atom. The number of imidazole rings is 1. The zero-order valence-electron chi connectivity index (χ0n) is 20.7. The predicted molar refractivity (Wildman–Crippen MR) is 133 cm³/mol. The van der Waals surface area contributed by atoms with Crippen LogP contribution >= 0.6 is 0 Å². The smallest absolute Gasteiger partial charge is 0.374 e. The molecule has 0 spiro atoms. The second-order valence-electron chi connectivity index (χ2n) is 9.11. The summed E-state index contributed by atoms with van der Waals surface area (Å²) < 4.78 is 47.2. The number of hydrogen-bond donors (Lipinski definition) is 3. The van der Waals surface area contributed by atoms with Crippen LogP contribution in [0.3, 0.4) is 0 Å². The third kappa shape index (κ3) is 7.49. The third-order valence-electron chi connectivity index (χ3n) is 5.49. The minimum Gasteiger partial charge on any atom is -0.374 e. The number of nitrogens with two attached hydrogens (primary N) is 1. The van der Waals surface area contributed by atoms with Crippen molar-refractivity contribution in [3.63, 3.8) is 0 Å². The van der Waals surface area contributed by atoms with Gasteiger partial charge in [-0.2, -0.15) is 13.2 Å². The summed E-state index contributed by atoms with van der Waals surface area (Å²) in [6.45, 7) is 2.93. The number of ether oxygens (including phenoxy) is 1. The van der Waals surface area contributed by atoms with E-state index in [9.17, 15) is 27.6 Å². The number of aromatic nitrogens is 2. The molecule has 202 valence electrons. The Morgan fingerprint density at radius 3 is 2.39 bits per heavy atom. The molecule has 2 aromatic carbocycles. The molecule has 12 heteroatoms. The van der Waals surface area contributed by atoms with Gasteiger partial charge in [-0.1, -0.05) is 48.5 Å². The summed E-state index contributed by atoms with van der Waals surface area (Å²) in [4.78, 5) is 41.2. The molecule has 0 fully saturated rings. The fourth-order valence-corrected chi connectivity index (χ4v) is 3.48. The van der Waals surface area contributed by atoms with Crippen molar-refractivity contribution in [1.82, 2.24) is 14.9 Å². The molecule has 2 unspecified atom stereocenters. The Balaban J connectivity index is 1.76. The Bertz CT molecular complexity index is 1260. The van der Waals surface area contributed by atoms with Crippen molar-refractivity contribution >= 4 is 23.9 Å². The first-order valence-corrected chi connectivity index (χ1v) is 11.6. The number of nitrogens with zero attached hydrogens (tertiary/aromatic N) is 2. The molecular formula is C26H28F3N5O4. The van der Waals surface area contributed by atoms with Gasteiger partial charge >= 0.3 is 6.18 Å². The number of benzene rings is 2. The highest BCUT2D eigenvalue weighted by Crippen LogP contribution is 2.35. The molecule has 9 nitrogen and oxygen atoms in total. The summed E-state index contributed by atoms with van der Waals surface area (Å²) in [5.41, 5.74) is 4.19. The van der Waals surface area contributed by atoms with Crippen LogP contribution in [0.1, 0.15) is 36.6 Å². The van der Waals surface area contributed by atoms with E-state index in [0.717, 1.165) is 22.5 Å². The number of rotatable bonds is 11. The van der Waals surface area contributed by atoms with Gasteiger partial charge in [0.25, 0.3) is 5.91 Å². The number of carbonyl (C=O) groups is 3. The van der Waals surface area contributed by atoms with Crippen LogP contribution in [-0.4, -0.2) is 45.8 Å². The number of carbonyl (C=O) groups excluding carboxylic acids is 3. The maximum absolute atomic E-state index is 13.5. The fraction of sp³-hybridized carbons (Fsp3) is 0.308. The number of amides is 2. The number of hydrogen-bond acceptors (Lipinski definition) is 6. The topological polar surface area (TPSA) is 128 Å². The zero-order chi connectivity index (χ0) is 27.9. The summed E-state index contributed by atoms with van der Waals surface area (Å²) in [5, 5.41) is 5.04. The van der Waals surface area contributed by atoms with Crippen molar-refractivity contribution in [3.8, 4) is 0 Å². The van der Waals surface area contributed by atoms with Crippen LogP contribution in [0.2, 0.25) is 0 Å². The van der Waals surface area contributed by atoms with E-state index < -0.39 is 41.2 Å². The number of alkyl halides is 3. The summed E-state index contributed by atoms with van der Waals surface area (Å²) >= 11 is 0. The average Bonchev–Trinajstić information content (AvgIpc) is 3.31. The monoisotopic (exact) mass is 531 g/mol. The molecule has 2 amide bonds. The van der Waals surface area contributed by atoms with Gasteiger partial charge in [-0.15, -0.1) is 0 Å². The molecule has 0 bridgehead atoms. The normalized spacial score (nSPS) is 13.4. The van der Waals surface area contributed by atoms with Gasteiger partial charge in [-0.25, -0.2) is 4.98 Å². The molecular weight excluding hydrogens is 503 g/mol. The first kappa shape index (κ1) is 28.5. The van der Waals surface area contributed by atoms with Crippen LogP contribution in [-0.2, 0) is 31.9 Å². The number of nitrogens with one attached hydrogen (secondary N) is 2. The first-order valence-electron chi connectivity index (χ1n) is 11.6. The molecule has 3 rings (SSSR count). The Hall–Kier alpha value is -4.03. The van der Waals surface area contributed by atoms with Crippen molar-refractivity contribution in [2.24, 2.45) is 5.73 Å². The van der Waals surface area contributed by atoms with Gasteiger partial charge in [0.2, 0.25) is 5.91 Å². The highest BCUT2D eigenvalue weighted by atomic mass is 19.4. The molecule has 0 aliphatic rings. The van der Waals surface area contributed by atoms with Crippen molar-refractivity contribution in [2.45, 2.75) is 44.3 Å². The summed E-state index contributed by atoms with van der Waals surface area (Å²) in [5.74, 6) is -1.34. The average molecular weight is 532 g/mol. The van der Waals surface area contributed by atoms with Gasteiger partial charge in [0, 0.05) is 6.20 Å². The lowest BCUT2D eigenvalue weighted by atomic mass is 10.0. The highest BCUT2D eigenvalue weighted by molar-refractivity contribution is 5.98. The molecule has 1 heterocycles. The summed E-state index contributed by atoms with van der Waals surface area (Å²) in [6, 6.07) is 11.4. The number of anilines is 1. The lowest BCUT2D eigenvalue weighted by Crippen LogP contribution is -2.56. The standard InChI is InChI=1S/C26H28F3N5O4/c1-25(2,30)24(37)32-20(15-38-14-17-8-4-3-5-9-17)23(36)33-22-12-34(16-31-22)21(13-35)18-10-6-7-11-19(18)26(27,28)29/h3-13,16,20-21H,14-15,30H2,1-2H3,(H,32,37)(H,33,36). The molecule has 3 aromatic rings. The Labute approximate surface area is 217 Å². The summed E-state index contributed by atoms with van der Waals surface area (Å²) in [7, 11) is 0.